The van der Waals surface area contributed by atoms with Crippen molar-refractivity contribution < 1.29 is 5.11 Å². The summed E-state index contributed by atoms with van der Waals surface area (Å²) >= 11 is 1.21. The molecule has 0 aliphatic rings. The van der Waals surface area contributed by atoms with Crippen molar-refractivity contribution in [3.05, 3.63) is 24.3 Å². The van der Waals surface area contributed by atoms with Crippen LogP contribution in [0, 0.1) is 0 Å². The third-order valence-electron chi connectivity index (χ3n) is 1.83. The van der Waals surface area contributed by atoms with Crippen LogP contribution >= 0.6 is 11.3 Å². The van der Waals surface area contributed by atoms with Crippen LogP contribution in [0.15, 0.2) is 24.3 Å². The summed E-state index contributed by atoms with van der Waals surface area (Å²) in [5, 5.41) is 10.5. The van der Waals surface area contributed by atoms with Gasteiger partial charge < -0.3 is 16.6 Å². The van der Waals surface area contributed by atoms with Gasteiger partial charge in [-0.2, -0.15) is 0 Å². The van der Waals surface area contributed by atoms with Gasteiger partial charge in [-0.15, -0.1) is 0 Å². The maximum Gasteiger partial charge on any atom is 0.182 e. The van der Waals surface area contributed by atoms with Crippen molar-refractivity contribution in [2.75, 3.05) is 11.5 Å². The Balaban J connectivity index is 2.60. The summed E-state index contributed by atoms with van der Waals surface area (Å²) in [7, 11) is 0. The summed E-state index contributed by atoms with van der Waals surface area (Å²) in [5.41, 5.74) is 12.4. The number of hydrogen-bond donors (Lipinski definition) is 3. The van der Waals surface area contributed by atoms with E-state index in [9.17, 15) is 5.11 Å². The molecule has 2 aromatic rings. The fraction of sp³-hybridized carbons (Fsp3) is 0. The monoisotopic (exact) mass is 207 g/mol. The molecule has 2 rings (SSSR count). The summed E-state index contributed by atoms with van der Waals surface area (Å²) in [6.07, 6.45) is 0. The Labute approximate surface area is 84.8 Å². The molecule has 0 saturated heterocycles. The van der Waals surface area contributed by atoms with E-state index in [1.54, 1.807) is 18.2 Å². The van der Waals surface area contributed by atoms with Crippen LogP contribution in [-0.4, -0.2) is 10.1 Å². The molecule has 0 bridgehead atoms. The first-order valence-corrected chi connectivity index (χ1v) is 4.80. The first kappa shape index (κ1) is 8.83. The van der Waals surface area contributed by atoms with Gasteiger partial charge in [0.2, 0.25) is 0 Å². The van der Waals surface area contributed by atoms with Gasteiger partial charge >= 0.3 is 0 Å². The maximum absolute atomic E-state index is 9.57. The van der Waals surface area contributed by atoms with Crippen LogP contribution in [0.3, 0.4) is 0 Å². The molecule has 0 radical (unpaired) electrons. The predicted molar refractivity (Wildman–Crippen MR) is 58.0 cm³/mol. The van der Waals surface area contributed by atoms with Gasteiger partial charge in [-0.05, 0) is 12.1 Å². The molecule has 1 aromatic heterocycles. The fourth-order valence-corrected chi connectivity index (χ4v) is 1.83. The van der Waals surface area contributed by atoms with E-state index in [4.69, 9.17) is 11.5 Å². The summed E-state index contributed by atoms with van der Waals surface area (Å²) in [4.78, 5) is 4.05. The molecular formula is C9H9N3OS. The molecule has 0 spiro atoms. The van der Waals surface area contributed by atoms with Gasteiger partial charge in [0, 0.05) is 5.56 Å². The number of aromatic nitrogens is 1. The average molecular weight is 207 g/mol. The van der Waals surface area contributed by atoms with E-state index >= 15 is 0 Å². The van der Waals surface area contributed by atoms with Crippen LogP contribution in [-0.2, 0) is 0 Å². The van der Waals surface area contributed by atoms with E-state index in [0.717, 1.165) is 0 Å². The average Bonchev–Trinajstić information content (AvgIpc) is 2.46. The van der Waals surface area contributed by atoms with E-state index in [0.29, 0.717) is 21.4 Å². The zero-order chi connectivity index (χ0) is 10.1. The van der Waals surface area contributed by atoms with Crippen LogP contribution in [0.1, 0.15) is 0 Å². The molecule has 0 saturated carbocycles. The highest BCUT2D eigenvalue weighted by atomic mass is 32.1. The lowest BCUT2D eigenvalue weighted by Crippen LogP contribution is -1.86. The molecule has 0 fully saturated rings. The largest absolute Gasteiger partial charge is 0.507 e. The van der Waals surface area contributed by atoms with Crippen LogP contribution < -0.4 is 11.5 Å². The summed E-state index contributed by atoms with van der Waals surface area (Å²) < 4.78 is 0. The number of thiazole rings is 1. The van der Waals surface area contributed by atoms with Gasteiger partial charge in [-0.25, -0.2) is 4.98 Å². The Bertz CT molecular complexity index is 467. The molecule has 1 heterocycles. The second-order valence-corrected chi connectivity index (χ2v) is 3.84. The molecule has 0 aliphatic heterocycles. The van der Waals surface area contributed by atoms with Gasteiger partial charge in [0.05, 0.1) is 0 Å². The van der Waals surface area contributed by atoms with Crippen molar-refractivity contribution in [1.82, 2.24) is 4.98 Å². The van der Waals surface area contributed by atoms with E-state index < -0.39 is 0 Å². The fourth-order valence-electron chi connectivity index (χ4n) is 1.22. The lowest BCUT2D eigenvalue weighted by atomic mass is 10.1. The van der Waals surface area contributed by atoms with Crippen molar-refractivity contribution in [2.45, 2.75) is 0 Å². The zero-order valence-electron chi connectivity index (χ0n) is 7.27. The van der Waals surface area contributed by atoms with Crippen molar-refractivity contribution in [3.8, 4) is 17.0 Å². The third kappa shape index (κ3) is 1.38. The Hall–Kier alpha value is -1.75. The molecule has 0 atom stereocenters. The summed E-state index contributed by atoms with van der Waals surface area (Å²) in [6, 6.07) is 6.89. The van der Waals surface area contributed by atoms with E-state index in [2.05, 4.69) is 4.98 Å². The number of anilines is 2. The van der Waals surface area contributed by atoms with Crippen molar-refractivity contribution in [2.24, 2.45) is 0 Å². The minimum atomic E-state index is 0.157. The van der Waals surface area contributed by atoms with E-state index in [1.165, 1.54) is 11.3 Å². The minimum absolute atomic E-state index is 0.157. The van der Waals surface area contributed by atoms with Gasteiger partial charge in [0.1, 0.15) is 16.4 Å². The second-order valence-electron chi connectivity index (χ2n) is 2.78. The highest BCUT2D eigenvalue weighted by molar-refractivity contribution is 7.19. The number of nitrogen functional groups attached to an aromatic ring is 2. The number of nitrogens with zero attached hydrogens (tertiary/aromatic N) is 1. The van der Waals surface area contributed by atoms with E-state index in [1.807, 2.05) is 6.07 Å². The lowest BCUT2D eigenvalue weighted by Gasteiger charge is -2.00. The van der Waals surface area contributed by atoms with Gasteiger partial charge in [-0.3, -0.25) is 0 Å². The number of phenolic OH excluding ortho intramolecular Hbond substituents is 1. The van der Waals surface area contributed by atoms with Gasteiger partial charge in [-0.1, -0.05) is 23.5 Å². The first-order chi connectivity index (χ1) is 6.68. The number of nitrogens with two attached hydrogens (primary N) is 2. The topological polar surface area (TPSA) is 85.2 Å². The third-order valence-corrected chi connectivity index (χ3v) is 2.54. The lowest BCUT2D eigenvalue weighted by molar-refractivity contribution is 0.477. The van der Waals surface area contributed by atoms with Crippen LogP contribution in [0.4, 0.5) is 10.1 Å². The Morgan fingerprint density at radius 2 is 1.93 bits per heavy atom. The molecule has 0 amide bonds. The zero-order valence-corrected chi connectivity index (χ0v) is 8.08. The number of benzene rings is 1. The molecule has 5 N–H and O–H groups in total. The second kappa shape index (κ2) is 3.19. The van der Waals surface area contributed by atoms with Crippen LogP contribution in [0.25, 0.3) is 11.3 Å². The minimum Gasteiger partial charge on any atom is -0.507 e. The highest BCUT2D eigenvalue weighted by Crippen LogP contribution is 2.36. The van der Waals surface area contributed by atoms with Gasteiger partial charge in [0.15, 0.2) is 5.13 Å². The Morgan fingerprint density at radius 3 is 2.50 bits per heavy atom. The van der Waals surface area contributed by atoms with E-state index in [-0.39, 0.29) is 5.75 Å². The number of phenols is 1. The normalized spacial score (nSPS) is 10.3. The predicted octanol–water partition coefficient (Wildman–Crippen LogP) is 1.68. The number of rotatable bonds is 1. The molecule has 14 heavy (non-hydrogen) atoms. The van der Waals surface area contributed by atoms with Crippen molar-refractivity contribution >= 4 is 21.5 Å². The Morgan fingerprint density at radius 1 is 1.21 bits per heavy atom. The number of aromatic hydroxyl groups is 1. The summed E-state index contributed by atoms with van der Waals surface area (Å²) in [5.74, 6) is 0.157. The van der Waals surface area contributed by atoms with Crippen LogP contribution in [0.5, 0.6) is 5.75 Å². The molecule has 0 unspecified atom stereocenters. The van der Waals surface area contributed by atoms with Crippen LogP contribution in [0.2, 0.25) is 0 Å². The highest BCUT2D eigenvalue weighted by Gasteiger charge is 2.11. The maximum atomic E-state index is 9.57. The summed E-state index contributed by atoms with van der Waals surface area (Å²) in [6.45, 7) is 0. The van der Waals surface area contributed by atoms with Crippen molar-refractivity contribution in [3.63, 3.8) is 0 Å². The van der Waals surface area contributed by atoms with Gasteiger partial charge in [0.25, 0.3) is 0 Å². The molecule has 0 aliphatic carbocycles. The molecular weight excluding hydrogens is 198 g/mol. The molecule has 72 valence electrons. The number of hydrogen-bond acceptors (Lipinski definition) is 5. The number of para-hydroxylation sites is 1. The quantitative estimate of drug-likeness (QED) is 0.664. The van der Waals surface area contributed by atoms with Crippen molar-refractivity contribution in [1.29, 1.82) is 0 Å². The smallest absolute Gasteiger partial charge is 0.182 e. The first-order valence-electron chi connectivity index (χ1n) is 3.98. The Kier molecular flexibility index (Phi) is 2.01. The molecule has 4 nitrogen and oxygen atoms in total. The SMILES string of the molecule is Nc1nc(-c2ccccc2O)c(N)s1. The molecule has 5 heteroatoms. The standard InChI is InChI=1S/C9H9N3OS/c10-8-7(12-9(11)14-8)5-3-1-2-4-6(5)13/h1-4,13H,10H2,(H2,11,12). The molecule has 1 aromatic carbocycles.